The summed E-state index contributed by atoms with van der Waals surface area (Å²) in [6.07, 6.45) is 1.85. The Morgan fingerprint density at radius 1 is 1.47 bits per heavy atom. The molecule has 0 aliphatic rings. The van der Waals surface area contributed by atoms with Crippen molar-refractivity contribution in [2.75, 3.05) is 12.3 Å². The number of phenolic OH excluding ortho intramolecular Hbond substituents is 1. The molecule has 1 aromatic rings. The van der Waals surface area contributed by atoms with Gasteiger partial charge in [0.15, 0.2) is 0 Å². The topological polar surface area (TPSA) is 72.5 Å². The number of nitrogen functional groups attached to an aromatic ring is 1. The number of aromatic hydroxyl groups is 1. The van der Waals surface area contributed by atoms with Crippen LogP contribution >= 0.6 is 0 Å². The summed E-state index contributed by atoms with van der Waals surface area (Å²) >= 11 is 0. The first-order chi connectivity index (χ1) is 8.00. The van der Waals surface area contributed by atoms with Crippen LogP contribution in [0.2, 0.25) is 0 Å². The number of rotatable bonds is 5. The summed E-state index contributed by atoms with van der Waals surface area (Å²) in [5, 5.41) is 9.27. The monoisotopic (exact) mass is 237 g/mol. The first kappa shape index (κ1) is 13.4. The smallest absolute Gasteiger partial charge is 0.340 e. The highest BCUT2D eigenvalue weighted by atomic mass is 16.5. The Balaban J connectivity index is 2.49. The third-order valence-electron chi connectivity index (χ3n) is 2.42. The van der Waals surface area contributed by atoms with Crippen LogP contribution in [0.25, 0.3) is 0 Å². The second kappa shape index (κ2) is 6.13. The first-order valence-electron chi connectivity index (χ1n) is 5.76. The molecule has 0 bridgehead atoms. The van der Waals surface area contributed by atoms with Crippen molar-refractivity contribution >= 4 is 11.7 Å². The van der Waals surface area contributed by atoms with Gasteiger partial charge in [0.05, 0.1) is 12.2 Å². The molecular weight excluding hydrogens is 218 g/mol. The highest BCUT2D eigenvalue weighted by molar-refractivity contribution is 5.95. The van der Waals surface area contributed by atoms with Crippen LogP contribution < -0.4 is 5.73 Å². The minimum Gasteiger partial charge on any atom is -0.508 e. The predicted molar refractivity (Wildman–Crippen MR) is 66.9 cm³/mol. The molecule has 1 aromatic carbocycles. The minimum atomic E-state index is -0.484. The molecule has 0 spiro atoms. The lowest BCUT2D eigenvalue weighted by Gasteiger charge is -2.08. The Morgan fingerprint density at radius 2 is 2.18 bits per heavy atom. The summed E-state index contributed by atoms with van der Waals surface area (Å²) in [4.78, 5) is 11.6. The maximum Gasteiger partial charge on any atom is 0.340 e. The van der Waals surface area contributed by atoms with E-state index in [9.17, 15) is 9.90 Å². The van der Waals surface area contributed by atoms with Gasteiger partial charge in [-0.05, 0) is 37.0 Å². The molecule has 0 radical (unpaired) electrons. The van der Waals surface area contributed by atoms with Crippen molar-refractivity contribution in [2.24, 2.45) is 5.92 Å². The molecule has 4 heteroatoms. The summed E-state index contributed by atoms with van der Waals surface area (Å²) < 4.78 is 5.08. The molecule has 1 rings (SSSR count). The van der Waals surface area contributed by atoms with Crippen LogP contribution in [0.4, 0.5) is 5.69 Å². The summed E-state index contributed by atoms with van der Waals surface area (Å²) in [6.45, 7) is 4.62. The van der Waals surface area contributed by atoms with Gasteiger partial charge in [0.2, 0.25) is 0 Å². The van der Waals surface area contributed by atoms with Crippen LogP contribution in [-0.2, 0) is 4.74 Å². The normalized spacial score (nSPS) is 10.5. The fourth-order valence-electron chi connectivity index (χ4n) is 1.46. The Labute approximate surface area is 101 Å². The van der Waals surface area contributed by atoms with Crippen LogP contribution in [0.1, 0.15) is 37.0 Å². The van der Waals surface area contributed by atoms with Crippen molar-refractivity contribution in [1.82, 2.24) is 0 Å². The molecule has 0 saturated heterocycles. The number of carbonyl (C=O) groups is 1. The number of phenols is 1. The molecule has 0 fully saturated rings. The number of esters is 1. The standard InChI is InChI=1S/C13H19NO3/c1-9(2)4-3-7-17-13(16)11-8-10(15)5-6-12(11)14/h5-6,8-9,15H,3-4,7,14H2,1-2H3. The van der Waals surface area contributed by atoms with Gasteiger partial charge in [-0.3, -0.25) is 0 Å². The molecule has 0 aliphatic heterocycles. The van der Waals surface area contributed by atoms with Gasteiger partial charge in [-0.25, -0.2) is 4.79 Å². The second-order valence-corrected chi connectivity index (χ2v) is 4.44. The molecule has 0 atom stereocenters. The van der Waals surface area contributed by atoms with Gasteiger partial charge >= 0.3 is 5.97 Å². The predicted octanol–water partition coefficient (Wildman–Crippen LogP) is 2.57. The molecular formula is C13H19NO3. The van der Waals surface area contributed by atoms with E-state index in [1.54, 1.807) is 0 Å². The van der Waals surface area contributed by atoms with Crippen molar-refractivity contribution in [3.8, 4) is 5.75 Å². The quantitative estimate of drug-likeness (QED) is 0.357. The fraction of sp³-hybridized carbons (Fsp3) is 0.462. The maximum absolute atomic E-state index is 11.6. The largest absolute Gasteiger partial charge is 0.508 e. The van der Waals surface area contributed by atoms with Crippen molar-refractivity contribution in [3.05, 3.63) is 23.8 Å². The number of anilines is 1. The van der Waals surface area contributed by atoms with Gasteiger partial charge in [-0.2, -0.15) is 0 Å². The molecule has 17 heavy (non-hydrogen) atoms. The van der Waals surface area contributed by atoms with Crippen LogP contribution in [0, 0.1) is 5.92 Å². The van der Waals surface area contributed by atoms with E-state index in [4.69, 9.17) is 10.5 Å². The summed E-state index contributed by atoms with van der Waals surface area (Å²) in [5.74, 6) is 0.120. The molecule has 3 N–H and O–H groups in total. The van der Waals surface area contributed by atoms with Crippen molar-refractivity contribution in [3.63, 3.8) is 0 Å². The molecule has 0 aliphatic carbocycles. The van der Waals surface area contributed by atoms with E-state index in [1.165, 1.54) is 18.2 Å². The van der Waals surface area contributed by atoms with E-state index in [1.807, 2.05) is 0 Å². The third kappa shape index (κ3) is 4.34. The Kier molecular flexibility index (Phi) is 4.82. The van der Waals surface area contributed by atoms with Crippen LogP contribution in [0.5, 0.6) is 5.75 Å². The Hall–Kier alpha value is -1.71. The van der Waals surface area contributed by atoms with Crippen molar-refractivity contribution in [2.45, 2.75) is 26.7 Å². The van der Waals surface area contributed by atoms with E-state index in [2.05, 4.69) is 13.8 Å². The van der Waals surface area contributed by atoms with E-state index in [0.717, 1.165) is 12.8 Å². The van der Waals surface area contributed by atoms with Crippen molar-refractivity contribution in [1.29, 1.82) is 0 Å². The van der Waals surface area contributed by atoms with Crippen LogP contribution in [0.3, 0.4) is 0 Å². The van der Waals surface area contributed by atoms with Gasteiger partial charge in [0.25, 0.3) is 0 Å². The number of benzene rings is 1. The van der Waals surface area contributed by atoms with E-state index >= 15 is 0 Å². The van der Waals surface area contributed by atoms with Gasteiger partial charge in [0, 0.05) is 5.69 Å². The summed E-state index contributed by atoms with van der Waals surface area (Å²) in [5.41, 5.74) is 6.16. The highest BCUT2D eigenvalue weighted by Crippen LogP contribution is 2.19. The lowest BCUT2D eigenvalue weighted by molar-refractivity contribution is 0.0495. The Morgan fingerprint density at radius 3 is 2.82 bits per heavy atom. The van der Waals surface area contributed by atoms with Crippen LogP contribution in [-0.4, -0.2) is 17.7 Å². The molecule has 0 saturated carbocycles. The number of nitrogens with two attached hydrogens (primary N) is 1. The third-order valence-corrected chi connectivity index (χ3v) is 2.42. The lowest BCUT2D eigenvalue weighted by atomic mass is 10.1. The second-order valence-electron chi connectivity index (χ2n) is 4.44. The molecule has 94 valence electrons. The average Bonchev–Trinajstić information content (AvgIpc) is 2.27. The fourth-order valence-corrected chi connectivity index (χ4v) is 1.46. The zero-order valence-electron chi connectivity index (χ0n) is 10.3. The average molecular weight is 237 g/mol. The highest BCUT2D eigenvalue weighted by Gasteiger charge is 2.11. The lowest BCUT2D eigenvalue weighted by Crippen LogP contribution is -2.09. The molecule has 4 nitrogen and oxygen atoms in total. The van der Waals surface area contributed by atoms with Gasteiger partial charge in [-0.1, -0.05) is 13.8 Å². The minimum absolute atomic E-state index is 0.00771. The van der Waals surface area contributed by atoms with Gasteiger partial charge in [-0.15, -0.1) is 0 Å². The number of ether oxygens (including phenoxy) is 1. The number of carbonyl (C=O) groups excluding carboxylic acids is 1. The van der Waals surface area contributed by atoms with Crippen LogP contribution in [0.15, 0.2) is 18.2 Å². The van der Waals surface area contributed by atoms with E-state index in [-0.39, 0.29) is 11.3 Å². The Bertz CT molecular complexity index is 388. The summed E-state index contributed by atoms with van der Waals surface area (Å²) in [6, 6.07) is 4.24. The van der Waals surface area contributed by atoms with Gasteiger partial charge < -0.3 is 15.6 Å². The molecule has 0 aromatic heterocycles. The molecule has 0 amide bonds. The maximum atomic E-state index is 11.6. The van der Waals surface area contributed by atoms with Gasteiger partial charge in [0.1, 0.15) is 5.75 Å². The van der Waals surface area contributed by atoms with Crippen molar-refractivity contribution < 1.29 is 14.6 Å². The SMILES string of the molecule is CC(C)CCCOC(=O)c1cc(O)ccc1N. The zero-order valence-corrected chi connectivity index (χ0v) is 10.3. The zero-order chi connectivity index (χ0) is 12.8. The molecule has 0 heterocycles. The molecule has 0 unspecified atom stereocenters. The summed E-state index contributed by atoms with van der Waals surface area (Å²) in [7, 11) is 0. The first-order valence-corrected chi connectivity index (χ1v) is 5.76. The number of hydrogen-bond acceptors (Lipinski definition) is 4. The number of hydrogen-bond donors (Lipinski definition) is 2. The van der Waals surface area contributed by atoms with E-state index < -0.39 is 5.97 Å². The van der Waals surface area contributed by atoms with E-state index in [0.29, 0.717) is 18.2 Å².